The topological polar surface area (TPSA) is 72.1 Å². The molecule has 0 aromatic carbocycles. The highest BCUT2D eigenvalue weighted by molar-refractivity contribution is 5.86. The van der Waals surface area contributed by atoms with Gasteiger partial charge in [-0.2, -0.15) is 0 Å². The maximum atomic E-state index is 11.1. The second-order valence-corrected chi connectivity index (χ2v) is 4.25. The van der Waals surface area contributed by atoms with Crippen LogP contribution in [-0.4, -0.2) is 27.3 Å². The van der Waals surface area contributed by atoms with Crippen LogP contribution in [0.25, 0.3) is 0 Å². The molecule has 0 saturated heterocycles. The highest BCUT2D eigenvalue weighted by Crippen LogP contribution is 2.06. The molecule has 2 aromatic rings. The van der Waals surface area contributed by atoms with Crippen LogP contribution in [0, 0.1) is 0 Å². The standard InChI is InChI=1S/C14H16N4O.3ClH/c15-14(19)11-18(9-12-5-1-3-7-16-12)10-13-6-2-4-8-17-13;;;/h1-8H,9-11H2,(H2,15,19);3*1H. The van der Waals surface area contributed by atoms with Crippen molar-refractivity contribution in [2.24, 2.45) is 5.73 Å². The summed E-state index contributed by atoms with van der Waals surface area (Å²) in [7, 11) is 0. The predicted molar refractivity (Wildman–Crippen MR) is 93.5 cm³/mol. The second kappa shape index (κ2) is 12.2. The van der Waals surface area contributed by atoms with Gasteiger partial charge in [-0.15, -0.1) is 37.2 Å². The number of aromatic nitrogens is 2. The number of hydrogen-bond donors (Lipinski definition) is 1. The molecule has 0 radical (unpaired) electrons. The summed E-state index contributed by atoms with van der Waals surface area (Å²) in [5.41, 5.74) is 7.08. The van der Waals surface area contributed by atoms with Crippen LogP contribution in [-0.2, 0) is 17.9 Å². The monoisotopic (exact) mass is 364 g/mol. The minimum atomic E-state index is -0.355. The Hall–Kier alpha value is -1.40. The Morgan fingerprint density at radius 2 is 1.36 bits per heavy atom. The number of nitrogens with two attached hydrogens (primary N) is 1. The van der Waals surface area contributed by atoms with Gasteiger partial charge in [-0.25, -0.2) is 0 Å². The molecule has 5 nitrogen and oxygen atoms in total. The van der Waals surface area contributed by atoms with Crippen LogP contribution in [0.2, 0.25) is 0 Å². The molecule has 1 amide bonds. The highest BCUT2D eigenvalue weighted by Gasteiger charge is 2.11. The first-order chi connectivity index (χ1) is 9.24. The minimum absolute atomic E-state index is 0. The Balaban J connectivity index is 0. The van der Waals surface area contributed by atoms with E-state index in [1.807, 2.05) is 41.3 Å². The molecule has 0 aliphatic rings. The van der Waals surface area contributed by atoms with Crippen LogP contribution in [0.4, 0.5) is 0 Å². The van der Waals surface area contributed by atoms with Crippen LogP contribution in [0.1, 0.15) is 11.4 Å². The molecule has 122 valence electrons. The van der Waals surface area contributed by atoms with Crippen LogP contribution in [0.5, 0.6) is 0 Å². The summed E-state index contributed by atoms with van der Waals surface area (Å²) < 4.78 is 0. The molecular weight excluding hydrogens is 347 g/mol. The van der Waals surface area contributed by atoms with Gasteiger partial charge >= 0.3 is 0 Å². The lowest BCUT2D eigenvalue weighted by molar-refractivity contribution is -0.119. The molecule has 0 fully saturated rings. The van der Waals surface area contributed by atoms with E-state index in [1.165, 1.54) is 0 Å². The molecule has 0 atom stereocenters. The van der Waals surface area contributed by atoms with Gasteiger partial charge < -0.3 is 5.73 Å². The van der Waals surface area contributed by atoms with Crippen LogP contribution in [0.15, 0.2) is 48.8 Å². The van der Waals surface area contributed by atoms with Crippen LogP contribution in [0.3, 0.4) is 0 Å². The number of rotatable bonds is 6. The number of pyridine rings is 2. The van der Waals surface area contributed by atoms with E-state index < -0.39 is 0 Å². The van der Waals surface area contributed by atoms with Crippen molar-refractivity contribution >= 4 is 43.1 Å². The molecule has 2 rings (SSSR count). The maximum Gasteiger partial charge on any atom is 0.231 e. The predicted octanol–water partition coefficient (Wildman–Crippen LogP) is 2.23. The molecule has 8 heteroatoms. The Morgan fingerprint density at radius 1 is 0.909 bits per heavy atom. The van der Waals surface area contributed by atoms with E-state index in [-0.39, 0.29) is 49.7 Å². The van der Waals surface area contributed by atoms with Gasteiger partial charge in [-0.3, -0.25) is 19.7 Å². The number of nitrogens with zero attached hydrogens (tertiary/aromatic N) is 3. The molecule has 0 aliphatic heterocycles. The average molecular weight is 366 g/mol. The number of amides is 1. The SMILES string of the molecule is Cl.Cl.Cl.NC(=O)CN(Cc1ccccn1)Cc1ccccn1. The van der Waals surface area contributed by atoms with Gasteiger partial charge in [0.2, 0.25) is 5.91 Å². The molecule has 2 aromatic heterocycles. The largest absolute Gasteiger partial charge is 0.369 e. The molecule has 0 saturated carbocycles. The zero-order chi connectivity index (χ0) is 13.5. The second-order valence-electron chi connectivity index (χ2n) is 4.25. The first-order valence-corrected chi connectivity index (χ1v) is 6.04. The van der Waals surface area contributed by atoms with E-state index in [2.05, 4.69) is 9.97 Å². The van der Waals surface area contributed by atoms with Gasteiger partial charge in [0.25, 0.3) is 0 Å². The third-order valence-electron chi connectivity index (χ3n) is 2.60. The zero-order valence-corrected chi connectivity index (χ0v) is 14.2. The fourth-order valence-electron chi connectivity index (χ4n) is 1.83. The quantitative estimate of drug-likeness (QED) is 0.852. The van der Waals surface area contributed by atoms with Gasteiger partial charge in [0.05, 0.1) is 17.9 Å². The Bertz CT molecular complexity index is 487. The third-order valence-corrected chi connectivity index (χ3v) is 2.60. The van der Waals surface area contributed by atoms with Crippen molar-refractivity contribution in [1.82, 2.24) is 14.9 Å². The number of carbonyl (C=O) groups is 1. The summed E-state index contributed by atoms with van der Waals surface area (Å²) in [5.74, 6) is -0.355. The van der Waals surface area contributed by atoms with Gasteiger partial charge in [-0.1, -0.05) is 12.1 Å². The van der Waals surface area contributed by atoms with Gasteiger partial charge in [0, 0.05) is 25.5 Å². The van der Waals surface area contributed by atoms with Crippen molar-refractivity contribution < 1.29 is 4.79 Å². The summed E-state index contributed by atoms with van der Waals surface area (Å²) in [6.07, 6.45) is 3.47. The van der Waals surface area contributed by atoms with E-state index in [0.717, 1.165) is 11.4 Å². The number of halogens is 3. The number of carbonyl (C=O) groups excluding carboxylic acids is 1. The Labute approximate surface area is 148 Å². The molecule has 2 heterocycles. The molecule has 22 heavy (non-hydrogen) atoms. The summed E-state index contributed by atoms with van der Waals surface area (Å²) in [6.45, 7) is 1.33. The molecule has 0 bridgehead atoms. The van der Waals surface area contributed by atoms with Crippen molar-refractivity contribution in [3.63, 3.8) is 0 Å². The molecule has 0 spiro atoms. The zero-order valence-electron chi connectivity index (χ0n) is 11.8. The molecule has 2 N–H and O–H groups in total. The smallest absolute Gasteiger partial charge is 0.231 e. The lowest BCUT2D eigenvalue weighted by atomic mass is 10.3. The summed E-state index contributed by atoms with van der Waals surface area (Å²) in [5, 5.41) is 0. The summed E-state index contributed by atoms with van der Waals surface area (Å²) in [4.78, 5) is 21.6. The van der Waals surface area contributed by atoms with Crippen molar-refractivity contribution in [3.05, 3.63) is 60.2 Å². The van der Waals surface area contributed by atoms with Gasteiger partial charge in [0.15, 0.2) is 0 Å². The van der Waals surface area contributed by atoms with Crippen LogP contribution < -0.4 is 5.73 Å². The first kappa shape index (κ1) is 22.9. The van der Waals surface area contributed by atoms with Gasteiger partial charge in [0.1, 0.15) is 0 Å². The average Bonchev–Trinajstić information content (AvgIpc) is 2.40. The molecule has 0 unspecified atom stereocenters. The van der Waals surface area contributed by atoms with Gasteiger partial charge in [-0.05, 0) is 24.3 Å². The summed E-state index contributed by atoms with van der Waals surface area (Å²) in [6, 6.07) is 11.4. The lowest BCUT2D eigenvalue weighted by Gasteiger charge is -2.19. The third kappa shape index (κ3) is 8.14. The molecule has 0 aliphatic carbocycles. The lowest BCUT2D eigenvalue weighted by Crippen LogP contribution is -2.33. The normalized spacial score (nSPS) is 9.14. The fraction of sp³-hybridized carbons (Fsp3) is 0.214. The van der Waals surface area contributed by atoms with E-state index in [9.17, 15) is 4.79 Å². The number of hydrogen-bond acceptors (Lipinski definition) is 4. The van der Waals surface area contributed by atoms with Crippen molar-refractivity contribution in [1.29, 1.82) is 0 Å². The van der Waals surface area contributed by atoms with E-state index >= 15 is 0 Å². The summed E-state index contributed by atoms with van der Waals surface area (Å²) >= 11 is 0. The minimum Gasteiger partial charge on any atom is -0.369 e. The maximum absolute atomic E-state index is 11.1. The highest BCUT2D eigenvalue weighted by atomic mass is 35.5. The number of primary amides is 1. The fourth-order valence-corrected chi connectivity index (χ4v) is 1.83. The van der Waals surface area contributed by atoms with Crippen molar-refractivity contribution in [2.75, 3.05) is 6.54 Å². The Morgan fingerprint density at radius 3 is 1.68 bits per heavy atom. The van der Waals surface area contributed by atoms with Crippen LogP contribution >= 0.6 is 37.2 Å². The first-order valence-electron chi connectivity index (χ1n) is 6.04. The van der Waals surface area contributed by atoms with E-state index in [0.29, 0.717) is 13.1 Å². The van der Waals surface area contributed by atoms with E-state index in [1.54, 1.807) is 12.4 Å². The van der Waals surface area contributed by atoms with Crippen molar-refractivity contribution in [3.8, 4) is 0 Å². The van der Waals surface area contributed by atoms with E-state index in [4.69, 9.17) is 5.73 Å². The van der Waals surface area contributed by atoms with Crippen molar-refractivity contribution in [2.45, 2.75) is 13.1 Å². The Kier molecular flexibility index (Phi) is 12.7. The molecular formula is C14H19Cl3N4O.